The Morgan fingerprint density at radius 3 is 2.55 bits per heavy atom. The standard InChI is InChI=1S/C26H32N4O3/c27-21-3-7-23(8-4-21)30-13-1-2-19(11-15-30)16-25(32)18-29-14-12-20(17-29)26(33)28-22-5-9-24(31)10-6-22/h2-10,20,31H,1,11-18,27H2,(H,28,33). The van der Waals surface area contributed by atoms with Crippen LogP contribution in [0.25, 0.3) is 0 Å². The number of nitrogens with two attached hydrogens (primary N) is 1. The Kier molecular flexibility index (Phi) is 7.29. The smallest absolute Gasteiger partial charge is 0.228 e. The van der Waals surface area contributed by atoms with Crippen LogP contribution in [0.15, 0.2) is 60.2 Å². The van der Waals surface area contributed by atoms with Gasteiger partial charge in [-0.15, -0.1) is 0 Å². The average Bonchev–Trinajstić information content (AvgIpc) is 3.14. The molecule has 1 amide bonds. The van der Waals surface area contributed by atoms with Crippen molar-refractivity contribution >= 4 is 28.8 Å². The van der Waals surface area contributed by atoms with E-state index in [0.717, 1.165) is 44.6 Å². The number of nitrogens with zero attached hydrogens (tertiary/aromatic N) is 2. The maximum Gasteiger partial charge on any atom is 0.228 e. The zero-order valence-electron chi connectivity index (χ0n) is 18.9. The first-order valence-electron chi connectivity index (χ1n) is 11.6. The van der Waals surface area contributed by atoms with Gasteiger partial charge in [-0.3, -0.25) is 14.5 Å². The monoisotopic (exact) mass is 448 g/mol. The molecule has 4 rings (SSSR count). The van der Waals surface area contributed by atoms with Gasteiger partial charge in [0, 0.05) is 43.1 Å². The van der Waals surface area contributed by atoms with Crippen LogP contribution in [0.2, 0.25) is 0 Å². The predicted molar refractivity (Wildman–Crippen MR) is 131 cm³/mol. The summed E-state index contributed by atoms with van der Waals surface area (Å²) < 4.78 is 0. The van der Waals surface area contributed by atoms with Crippen molar-refractivity contribution in [3.63, 3.8) is 0 Å². The number of nitrogens with one attached hydrogen (secondary N) is 1. The third-order valence-corrected chi connectivity index (χ3v) is 6.40. The van der Waals surface area contributed by atoms with Gasteiger partial charge in [0.15, 0.2) is 5.78 Å². The molecule has 4 N–H and O–H groups in total. The van der Waals surface area contributed by atoms with Gasteiger partial charge < -0.3 is 21.1 Å². The molecule has 1 fully saturated rings. The molecular weight excluding hydrogens is 416 g/mol. The molecule has 2 aliphatic heterocycles. The summed E-state index contributed by atoms with van der Waals surface area (Å²) in [6, 6.07) is 14.4. The summed E-state index contributed by atoms with van der Waals surface area (Å²) in [7, 11) is 0. The first-order valence-corrected chi connectivity index (χ1v) is 11.6. The first-order chi connectivity index (χ1) is 16.0. The summed E-state index contributed by atoms with van der Waals surface area (Å²) in [5.74, 6) is 0.212. The van der Waals surface area contributed by atoms with Gasteiger partial charge in [-0.2, -0.15) is 0 Å². The molecular formula is C26H32N4O3. The van der Waals surface area contributed by atoms with E-state index in [1.54, 1.807) is 24.3 Å². The summed E-state index contributed by atoms with van der Waals surface area (Å²) in [5.41, 5.74) is 9.60. The van der Waals surface area contributed by atoms with Crippen LogP contribution >= 0.6 is 0 Å². The second-order valence-corrected chi connectivity index (χ2v) is 8.95. The van der Waals surface area contributed by atoms with E-state index in [1.165, 1.54) is 11.3 Å². The second kappa shape index (κ2) is 10.5. The summed E-state index contributed by atoms with van der Waals surface area (Å²) in [4.78, 5) is 29.7. The fourth-order valence-electron chi connectivity index (χ4n) is 4.56. The number of rotatable bonds is 7. The highest BCUT2D eigenvalue weighted by Crippen LogP contribution is 2.23. The number of hydrogen-bond acceptors (Lipinski definition) is 6. The molecule has 33 heavy (non-hydrogen) atoms. The fourth-order valence-corrected chi connectivity index (χ4v) is 4.56. The number of nitrogen functional groups attached to an aromatic ring is 1. The summed E-state index contributed by atoms with van der Waals surface area (Å²) in [6.45, 7) is 3.57. The number of likely N-dealkylation sites (tertiary alicyclic amines) is 1. The van der Waals surface area contributed by atoms with Crippen molar-refractivity contribution in [1.82, 2.24) is 4.90 Å². The summed E-state index contributed by atoms with van der Waals surface area (Å²) in [5, 5.41) is 12.3. The third kappa shape index (κ3) is 6.35. The largest absolute Gasteiger partial charge is 0.508 e. The molecule has 0 bridgehead atoms. The molecule has 1 unspecified atom stereocenters. The van der Waals surface area contributed by atoms with Gasteiger partial charge in [-0.05, 0) is 74.3 Å². The molecule has 0 aliphatic carbocycles. The third-order valence-electron chi connectivity index (χ3n) is 6.40. The zero-order chi connectivity index (χ0) is 23.2. The van der Waals surface area contributed by atoms with Crippen LogP contribution in [0, 0.1) is 5.92 Å². The molecule has 2 aliphatic rings. The number of ketones is 1. The topological polar surface area (TPSA) is 98.9 Å². The lowest BCUT2D eigenvalue weighted by atomic mass is 10.0. The van der Waals surface area contributed by atoms with Gasteiger partial charge in [0.1, 0.15) is 5.75 Å². The Morgan fingerprint density at radius 1 is 1.03 bits per heavy atom. The Bertz CT molecular complexity index is 1000. The number of Topliss-reactive ketones (excluding diaryl/α,β-unsaturated/α-hetero) is 1. The molecule has 0 radical (unpaired) electrons. The number of carbonyl (C=O) groups excluding carboxylic acids is 2. The highest BCUT2D eigenvalue weighted by atomic mass is 16.3. The molecule has 2 heterocycles. The molecule has 0 spiro atoms. The number of phenolic OH excluding ortho intramolecular Hbond substituents is 1. The molecule has 174 valence electrons. The first kappa shape index (κ1) is 22.9. The minimum Gasteiger partial charge on any atom is -0.508 e. The highest BCUT2D eigenvalue weighted by Gasteiger charge is 2.29. The lowest BCUT2D eigenvalue weighted by Crippen LogP contribution is -2.31. The van der Waals surface area contributed by atoms with E-state index in [4.69, 9.17) is 5.73 Å². The van der Waals surface area contributed by atoms with Gasteiger partial charge in [0.05, 0.1) is 12.5 Å². The second-order valence-electron chi connectivity index (χ2n) is 8.95. The molecule has 7 nitrogen and oxygen atoms in total. The number of hydrogen-bond donors (Lipinski definition) is 3. The van der Waals surface area contributed by atoms with Crippen LogP contribution in [-0.4, -0.2) is 54.4 Å². The van der Waals surface area contributed by atoms with Crippen molar-refractivity contribution in [2.45, 2.75) is 25.7 Å². The highest BCUT2D eigenvalue weighted by molar-refractivity contribution is 5.93. The molecule has 1 atom stereocenters. The van der Waals surface area contributed by atoms with E-state index in [1.807, 2.05) is 24.3 Å². The van der Waals surface area contributed by atoms with Crippen molar-refractivity contribution in [1.29, 1.82) is 0 Å². The molecule has 2 aromatic rings. The van der Waals surface area contributed by atoms with E-state index in [0.29, 0.717) is 25.2 Å². The normalized spacial score (nSPS) is 19.1. The van der Waals surface area contributed by atoms with Crippen LogP contribution in [-0.2, 0) is 9.59 Å². The minimum atomic E-state index is -0.128. The lowest BCUT2D eigenvalue weighted by molar-refractivity contribution is -0.121. The number of aromatic hydroxyl groups is 1. The van der Waals surface area contributed by atoms with Crippen LogP contribution in [0.3, 0.4) is 0 Å². The van der Waals surface area contributed by atoms with E-state index < -0.39 is 0 Å². The van der Waals surface area contributed by atoms with Gasteiger partial charge in [0.25, 0.3) is 0 Å². The maximum absolute atomic E-state index is 12.7. The Hall–Kier alpha value is -3.32. The zero-order valence-corrected chi connectivity index (χ0v) is 18.9. The summed E-state index contributed by atoms with van der Waals surface area (Å²) in [6.07, 6.45) is 5.25. The maximum atomic E-state index is 12.7. The number of phenols is 1. The number of carbonyl (C=O) groups is 2. The van der Waals surface area contributed by atoms with Crippen LogP contribution < -0.4 is 16.0 Å². The van der Waals surface area contributed by atoms with Crippen molar-refractivity contribution in [2.24, 2.45) is 5.92 Å². The minimum absolute atomic E-state index is 0.0372. The van der Waals surface area contributed by atoms with Crippen molar-refractivity contribution in [2.75, 3.05) is 48.7 Å². The Balaban J connectivity index is 1.21. The van der Waals surface area contributed by atoms with Gasteiger partial charge in [-0.1, -0.05) is 11.6 Å². The number of anilines is 3. The van der Waals surface area contributed by atoms with E-state index in [9.17, 15) is 14.7 Å². The average molecular weight is 449 g/mol. The Labute approximate surface area is 194 Å². The molecule has 0 saturated carbocycles. The number of amides is 1. The molecule has 7 heteroatoms. The van der Waals surface area contributed by atoms with E-state index in [2.05, 4.69) is 21.2 Å². The lowest BCUT2D eigenvalue weighted by Gasteiger charge is -2.23. The summed E-state index contributed by atoms with van der Waals surface area (Å²) >= 11 is 0. The van der Waals surface area contributed by atoms with Gasteiger partial charge in [-0.25, -0.2) is 0 Å². The predicted octanol–water partition coefficient (Wildman–Crippen LogP) is 3.42. The SMILES string of the molecule is Nc1ccc(N2CCC=C(CC(=O)CN3CCC(C(=O)Nc4ccc(O)cc4)C3)CC2)cc1. The molecule has 1 saturated heterocycles. The van der Waals surface area contributed by atoms with Crippen LogP contribution in [0.5, 0.6) is 5.75 Å². The van der Waals surface area contributed by atoms with Crippen molar-refractivity contribution < 1.29 is 14.7 Å². The van der Waals surface area contributed by atoms with Crippen LogP contribution in [0.1, 0.15) is 25.7 Å². The van der Waals surface area contributed by atoms with Crippen LogP contribution in [0.4, 0.5) is 17.1 Å². The quantitative estimate of drug-likeness (QED) is 0.341. The fraction of sp³-hybridized carbons (Fsp3) is 0.385. The van der Waals surface area contributed by atoms with Gasteiger partial charge >= 0.3 is 0 Å². The number of benzene rings is 2. The van der Waals surface area contributed by atoms with Crippen molar-refractivity contribution in [3.05, 3.63) is 60.2 Å². The molecule has 0 aromatic heterocycles. The van der Waals surface area contributed by atoms with Crippen molar-refractivity contribution in [3.8, 4) is 5.75 Å². The van der Waals surface area contributed by atoms with Gasteiger partial charge in [0.2, 0.25) is 5.91 Å². The Morgan fingerprint density at radius 2 is 1.79 bits per heavy atom. The van der Waals surface area contributed by atoms with E-state index >= 15 is 0 Å². The van der Waals surface area contributed by atoms with E-state index in [-0.39, 0.29) is 23.4 Å². The molecule has 2 aromatic carbocycles.